The van der Waals surface area contributed by atoms with Crippen LogP contribution in [0.3, 0.4) is 0 Å². The first-order chi connectivity index (χ1) is 14.3. The summed E-state index contributed by atoms with van der Waals surface area (Å²) in [6.07, 6.45) is 0.507. The van der Waals surface area contributed by atoms with Crippen LogP contribution in [-0.2, 0) is 25.9 Å². The van der Waals surface area contributed by atoms with Gasteiger partial charge < -0.3 is 20.1 Å². The van der Waals surface area contributed by atoms with Crippen molar-refractivity contribution < 1.29 is 27.5 Å². The van der Waals surface area contributed by atoms with Crippen LogP contribution in [0.2, 0.25) is 0 Å². The summed E-state index contributed by atoms with van der Waals surface area (Å²) in [4.78, 5) is 26.2. The van der Waals surface area contributed by atoms with Gasteiger partial charge in [0.15, 0.2) is 9.84 Å². The Labute approximate surface area is 176 Å². The van der Waals surface area contributed by atoms with Crippen molar-refractivity contribution >= 4 is 21.8 Å². The Morgan fingerprint density at radius 1 is 1.23 bits per heavy atom. The summed E-state index contributed by atoms with van der Waals surface area (Å²) in [5.41, 5.74) is 1.76. The molecule has 10 heteroatoms. The Hall–Kier alpha value is -2.59. The molecule has 1 atom stereocenters. The van der Waals surface area contributed by atoms with Crippen LogP contribution in [0.25, 0.3) is 0 Å². The zero-order chi connectivity index (χ0) is 21.7. The summed E-state index contributed by atoms with van der Waals surface area (Å²) >= 11 is 0. The molecule has 1 fully saturated rings. The maximum atomic E-state index is 12.4. The van der Waals surface area contributed by atoms with Crippen molar-refractivity contribution in [3.63, 3.8) is 0 Å². The molecule has 2 aliphatic heterocycles. The van der Waals surface area contributed by atoms with E-state index in [1.54, 1.807) is 14.0 Å². The standard InChI is InChI=1S/C20H27N3O6S/c1-3-29-19(24)17-10-21-20(25)22-18(17)12-23(15-8-9-30(26,27)13-15)11-14-4-6-16(28-2)7-5-14/h4-7,15H,3,8-13H2,1-2H3,(H2,21,22,25). The molecule has 1 saturated heterocycles. The lowest BCUT2D eigenvalue weighted by molar-refractivity contribution is -0.138. The summed E-state index contributed by atoms with van der Waals surface area (Å²) in [6, 6.07) is 6.90. The number of sulfone groups is 1. The number of methoxy groups -OCH3 is 1. The number of hydrogen-bond donors (Lipinski definition) is 2. The van der Waals surface area contributed by atoms with Gasteiger partial charge in [-0.25, -0.2) is 18.0 Å². The Morgan fingerprint density at radius 2 is 1.97 bits per heavy atom. The molecule has 30 heavy (non-hydrogen) atoms. The number of benzene rings is 1. The molecule has 3 rings (SSSR count). The van der Waals surface area contributed by atoms with Crippen LogP contribution in [0.4, 0.5) is 4.79 Å². The highest BCUT2D eigenvalue weighted by atomic mass is 32.2. The molecule has 2 N–H and O–H groups in total. The van der Waals surface area contributed by atoms with E-state index >= 15 is 0 Å². The number of hydrogen-bond acceptors (Lipinski definition) is 7. The molecule has 2 aliphatic rings. The van der Waals surface area contributed by atoms with Crippen molar-refractivity contribution in [1.82, 2.24) is 15.5 Å². The molecule has 0 radical (unpaired) electrons. The van der Waals surface area contributed by atoms with E-state index in [1.165, 1.54) is 0 Å². The van der Waals surface area contributed by atoms with Gasteiger partial charge in [0.25, 0.3) is 0 Å². The molecule has 0 aromatic heterocycles. The first-order valence-corrected chi connectivity index (χ1v) is 11.6. The third-order valence-corrected chi connectivity index (χ3v) is 6.96. The number of nitrogens with one attached hydrogen (secondary N) is 2. The molecule has 0 saturated carbocycles. The third kappa shape index (κ3) is 5.51. The highest BCUT2D eigenvalue weighted by molar-refractivity contribution is 7.91. The lowest BCUT2D eigenvalue weighted by atomic mass is 10.1. The van der Waals surface area contributed by atoms with Crippen LogP contribution >= 0.6 is 0 Å². The lowest BCUT2D eigenvalue weighted by Crippen LogP contribution is -2.48. The van der Waals surface area contributed by atoms with Gasteiger partial charge in [-0.05, 0) is 31.0 Å². The Balaban J connectivity index is 1.88. The average Bonchev–Trinajstić information content (AvgIpc) is 3.08. The molecule has 1 aromatic rings. The first kappa shape index (κ1) is 22.1. The van der Waals surface area contributed by atoms with Gasteiger partial charge in [0, 0.05) is 24.8 Å². The van der Waals surface area contributed by atoms with E-state index < -0.39 is 21.8 Å². The smallest absolute Gasteiger partial charge is 0.337 e. The van der Waals surface area contributed by atoms with Crippen LogP contribution in [0, 0.1) is 0 Å². The number of carbonyl (C=O) groups excluding carboxylic acids is 2. The number of amides is 2. The summed E-state index contributed by atoms with van der Waals surface area (Å²) < 4.78 is 34.5. The van der Waals surface area contributed by atoms with Gasteiger partial charge in [0.2, 0.25) is 0 Å². The molecule has 9 nitrogen and oxygen atoms in total. The van der Waals surface area contributed by atoms with Gasteiger partial charge >= 0.3 is 12.0 Å². The molecule has 0 spiro atoms. The number of rotatable bonds is 8. The minimum Gasteiger partial charge on any atom is -0.497 e. The van der Waals surface area contributed by atoms with Crippen LogP contribution in [0.1, 0.15) is 18.9 Å². The van der Waals surface area contributed by atoms with Crippen molar-refractivity contribution in [3.8, 4) is 5.75 Å². The Bertz CT molecular complexity index is 926. The van der Waals surface area contributed by atoms with Gasteiger partial charge in [-0.15, -0.1) is 0 Å². The first-order valence-electron chi connectivity index (χ1n) is 9.82. The molecule has 2 amide bonds. The van der Waals surface area contributed by atoms with Crippen LogP contribution in [0.5, 0.6) is 5.75 Å². The van der Waals surface area contributed by atoms with E-state index in [9.17, 15) is 18.0 Å². The van der Waals surface area contributed by atoms with Crippen LogP contribution < -0.4 is 15.4 Å². The Morgan fingerprint density at radius 3 is 2.57 bits per heavy atom. The zero-order valence-electron chi connectivity index (χ0n) is 17.1. The quantitative estimate of drug-likeness (QED) is 0.579. The molecule has 1 aromatic carbocycles. The molecule has 2 heterocycles. The highest BCUT2D eigenvalue weighted by Gasteiger charge is 2.34. The average molecular weight is 438 g/mol. The van der Waals surface area contributed by atoms with Crippen molar-refractivity contribution in [3.05, 3.63) is 41.1 Å². The summed E-state index contributed by atoms with van der Waals surface area (Å²) in [5, 5.41) is 5.28. The van der Waals surface area contributed by atoms with Crippen molar-refractivity contribution in [2.24, 2.45) is 0 Å². The fourth-order valence-electron chi connectivity index (χ4n) is 3.63. The minimum atomic E-state index is -3.10. The van der Waals surface area contributed by atoms with Gasteiger partial charge in [-0.2, -0.15) is 0 Å². The van der Waals surface area contributed by atoms with Crippen molar-refractivity contribution in [2.45, 2.75) is 25.9 Å². The largest absolute Gasteiger partial charge is 0.497 e. The van der Waals surface area contributed by atoms with E-state index in [1.807, 2.05) is 29.2 Å². The second kappa shape index (κ2) is 9.48. The second-order valence-electron chi connectivity index (χ2n) is 7.30. The number of esters is 1. The fourth-order valence-corrected chi connectivity index (χ4v) is 5.39. The van der Waals surface area contributed by atoms with Gasteiger partial charge in [-0.1, -0.05) is 12.1 Å². The highest BCUT2D eigenvalue weighted by Crippen LogP contribution is 2.23. The number of ether oxygens (including phenoxy) is 2. The molecular formula is C20H27N3O6S. The maximum Gasteiger partial charge on any atom is 0.337 e. The van der Waals surface area contributed by atoms with E-state index in [0.29, 0.717) is 24.2 Å². The van der Waals surface area contributed by atoms with E-state index in [0.717, 1.165) is 11.3 Å². The Kier molecular flexibility index (Phi) is 6.99. The SMILES string of the molecule is CCOC(=O)C1=C(CN(Cc2ccc(OC)cc2)C2CCS(=O)(=O)C2)NC(=O)NC1. The monoisotopic (exact) mass is 437 g/mol. The predicted molar refractivity (Wildman–Crippen MR) is 111 cm³/mol. The van der Waals surface area contributed by atoms with Crippen LogP contribution in [0.15, 0.2) is 35.5 Å². The minimum absolute atomic E-state index is 0.0529. The number of urea groups is 1. The molecular weight excluding hydrogens is 410 g/mol. The summed E-state index contributed by atoms with van der Waals surface area (Å²) in [5.74, 6) is 0.418. The summed E-state index contributed by atoms with van der Waals surface area (Å²) in [6.45, 7) is 2.70. The van der Waals surface area contributed by atoms with Crippen molar-refractivity contribution in [2.75, 3.05) is 38.3 Å². The fraction of sp³-hybridized carbons (Fsp3) is 0.500. The number of nitrogens with zero attached hydrogens (tertiary/aromatic N) is 1. The molecule has 0 aliphatic carbocycles. The molecule has 1 unspecified atom stereocenters. The predicted octanol–water partition coefficient (Wildman–Crippen LogP) is 0.814. The number of carbonyl (C=O) groups is 2. The van der Waals surface area contributed by atoms with E-state index in [2.05, 4.69) is 10.6 Å². The molecule has 0 bridgehead atoms. The van der Waals surface area contributed by atoms with Gasteiger partial charge in [-0.3, -0.25) is 4.90 Å². The zero-order valence-corrected chi connectivity index (χ0v) is 18.0. The topological polar surface area (TPSA) is 114 Å². The van der Waals surface area contributed by atoms with Crippen LogP contribution in [-0.4, -0.2) is 69.7 Å². The lowest BCUT2D eigenvalue weighted by Gasteiger charge is -2.31. The maximum absolute atomic E-state index is 12.4. The van der Waals surface area contributed by atoms with Gasteiger partial charge in [0.05, 0.1) is 37.3 Å². The van der Waals surface area contributed by atoms with E-state index in [4.69, 9.17) is 9.47 Å². The summed E-state index contributed by atoms with van der Waals surface area (Å²) in [7, 11) is -1.51. The van der Waals surface area contributed by atoms with E-state index in [-0.39, 0.29) is 37.2 Å². The van der Waals surface area contributed by atoms with Crippen molar-refractivity contribution in [1.29, 1.82) is 0 Å². The third-order valence-electron chi connectivity index (χ3n) is 5.21. The molecule has 164 valence electrons. The normalized spacial score (nSPS) is 20.6. The van der Waals surface area contributed by atoms with Gasteiger partial charge in [0.1, 0.15) is 5.75 Å². The second-order valence-corrected chi connectivity index (χ2v) is 9.52.